The van der Waals surface area contributed by atoms with Crippen LogP contribution in [0.1, 0.15) is 11.1 Å². The van der Waals surface area contributed by atoms with Crippen LogP contribution in [0.15, 0.2) is 54.7 Å². The van der Waals surface area contributed by atoms with E-state index in [1.807, 2.05) is 24.4 Å². The van der Waals surface area contributed by atoms with Gasteiger partial charge in [0, 0.05) is 24.2 Å². The third-order valence-electron chi connectivity index (χ3n) is 4.01. The molecule has 1 aliphatic heterocycles. The molecule has 2 N–H and O–H groups in total. The van der Waals surface area contributed by atoms with Crippen LogP contribution in [-0.4, -0.2) is 11.5 Å². The lowest BCUT2D eigenvalue weighted by Gasteiger charge is -2.11. The van der Waals surface area contributed by atoms with Gasteiger partial charge in [0.1, 0.15) is 0 Å². The number of benzene rings is 2. The molecule has 0 bridgehead atoms. The van der Waals surface area contributed by atoms with E-state index < -0.39 is 0 Å². The van der Waals surface area contributed by atoms with E-state index in [1.54, 1.807) is 0 Å². The lowest BCUT2D eigenvalue weighted by atomic mass is 10.1. The maximum atomic E-state index is 4.49. The average Bonchev–Trinajstić information content (AvgIpc) is 3.02. The third kappa shape index (κ3) is 2.31. The van der Waals surface area contributed by atoms with Crippen LogP contribution in [0.3, 0.4) is 0 Å². The molecule has 3 nitrogen and oxygen atoms in total. The fraction of sp³-hybridized carbons (Fsp3) is 0.167. The second kappa shape index (κ2) is 5.09. The first kappa shape index (κ1) is 12.2. The van der Waals surface area contributed by atoms with Crippen LogP contribution in [0.25, 0.3) is 10.9 Å². The van der Waals surface area contributed by atoms with Crippen LogP contribution in [0.4, 0.5) is 11.4 Å². The smallest absolute Gasteiger partial charge is 0.0703 e. The summed E-state index contributed by atoms with van der Waals surface area (Å²) in [5.41, 5.74) is 6.14. The molecule has 0 saturated carbocycles. The van der Waals surface area contributed by atoms with E-state index in [9.17, 15) is 0 Å². The molecular weight excluding hydrogens is 258 g/mol. The molecule has 3 heteroatoms. The number of pyridine rings is 1. The predicted molar refractivity (Wildman–Crippen MR) is 87.7 cm³/mol. The highest BCUT2D eigenvalue weighted by Gasteiger charge is 2.13. The van der Waals surface area contributed by atoms with Gasteiger partial charge >= 0.3 is 0 Å². The van der Waals surface area contributed by atoms with Crippen molar-refractivity contribution in [3.8, 4) is 0 Å². The number of anilines is 2. The molecular formula is C18H17N3. The van der Waals surface area contributed by atoms with Crippen molar-refractivity contribution in [2.75, 3.05) is 17.2 Å². The molecule has 0 saturated heterocycles. The van der Waals surface area contributed by atoms with E-state index in [0.29, 0.717) is 0 Å². The summed E-state index contributed by atoms with van der Waals surface area (Å²) in [6, 6.07) is 16.9. The van der Waals surface area contributed by atoms with Gasteiger partial charge in [-0.1, -0.05) is 36.4 Å². The summed E-state index contributed by atoms with van der Waals surface area (Å²) < 4.78 is 0. The monoisotopic (exact) mass is 275 g/mol. The van der Waals surface area contributed by atoms with Crippen molar-refractivity contribution in [3.05, 3.63) is 65.9 Å². The Hall–Kier alpha value is -2.55. The largest absolute Gasteiger partial charge is 0.384 e. The van der Waals surface area contributed by atoms with E-state index in [2.05, 4.69) is 45.9 Å². The fourth-order valence-electron chi connectivity index (χ4n) is 2.92. The van der Waals surface area contributed by atoms with Crippen LogP contribution in [0, 0.1) is 0 Å². The van der Waals surface area contributed by atoms with Gasteiger partial charge in [-0.3, -0.25) is 4.98 Å². The number of hydrogen-bond acceptors (Lipinski definition) is 3. The molecule has 0 aliphatic carbocycles. The molecule has 21 heavy (non-hydrogen) atoms. The zero-order valence-electron chi connectivity index (χ0n) is 11.8. The van der Waals surface area contributed by atoms with E-state index >= 15 is 0 Å². The molecule has 1 aliphatic rings. The van der Waals surface area contributed by atoms with Gasteiger partial charge in [-0.2, -0.15) is 0 Å². The normalized spacial score (nSPS) is 13.0. The second-order valence-electron chi connectivity index (χ2n) is 5.40. The van der Waals surface area contributed by atoms with E-state index in [-0.39, 0.29) is 0 Å². The lowest BCUT2D eigenvalue weighted by molar-refractivity contribution is 1.11. The van der Waals surface area contributed by atoms with Gasteiger partial charge in [-0.25, -0.2) is 0 Å². The molecule has 0 unspecified atom stereocenters. The molecule has 0 fully saturated rings. The summed E-state index contributed by atoms with van der Waals surface area (Å²) in [4.78, 5) is 4.49. The Morgan fingerprint density at radius 3 is 3.05 bits per heavy atom. The quantitative estimate of drug-likeness (QED) is 0.763. The first-order chi connectivity index (χ1) is 10.4. The van der Waals surface area contributed by atoms with E-state index in [0.717, 1.165) is 30.7 Å². The average molecular weight is 275 g/mol. The van der Waals surface area contributed by atoms with Gasteiger partial charge in [0.15, 0.2) is 0 Å². The molecule has 2 aromatic carbocycles. The van der Waals surface area contributed by atoms with Gasteiger partial charge in [-0.05, 0) is 29.7 Å². The third-order valence-corrected chi connectivity index (χ3v) is 4.01. The standard InChI is InChI=1S/C18H17N3/c1-2-7-17-14(4-1)10-16(12-21-17)20-11-15-6-3-5-13-8-9-19-18(13)15/h1-7,10,12,19-20H,8-9,11H2. The minimum atomic E-state index is 0.816. The molecule has 0 amide bonds. The summed E-state index contributed by atoms with van der Waals surface area (Å²) in [7, 11) is 0. The minimum absolute atomic E-state index is 0.816. The highest BCUT2D eigenvalue weighted by atomic mass is 14.9. The Morgan fingerprint density at radius 2 is 2.05 bits per heavy atom. The van der Waals surface area contributed by atoms with Crippen LogP contribution in [0.2, 0.25) is 0 Å². The van der Waals surface area contributed by atoms with Crippen LogP contribution < -0.4 is 10.6 Å². The second-order valence-corrected chi connectivity index (χ2v) is 5.40. The van der Waals surface area contributed by atoms with Crippen LogP contribution in [0.5, 0.6) is 0 Å². The Morgan fingerprint density at radius 1 is 1.10 bits per heavy atom. The SMILES string of the molecule is c1cc2c(c(CNc3cnc4ccccc4c3)c1)NCC2. The van der Waals surface area contributed by atoms with E-state index in [1.165, 1.54) is 22.2 Å². The molecule has 4 rings (SSSR count). The van der Waals surface area contributed by atoms with Crippen molar-refractivity contribution in [1.82, 2.24) is 4.98 Å². The van der Waals surface area contributed by atoms with Gasteiger partial charge in [-0.15, -0.1) is 0 Å². The highest BCUT2D eigenvalue weighted by Crippen LogP contribution is 2.27. The molecule has 0 radical (unpaired) electrons. The van der Waals surface area contributed by atoms with Crippen molar-refractivity contribution < 1.29 is 0 Å². The predicted octanol–water partition coefficient (Wildman–Crippen LogP) is 3.81. The molecule has 2 heterocycles. The summed E-state index contributed by atoms with van der Waals surface area (Å²) in [5, 5.41) is 8.12. The number of rotatable bonds is 3. The number of nitrogens with one attached hydrogen (secondary N) is 2. The van der Waals surface area contributed by atoms with Crippen molar-refractivity contribution in [2.24, 2.45) is 0 Å². The Kier molecular flexibility index (Phi) is 2.96. The summed E-state index contributed by atoms with van der Waals surface area (Å²) in [6.07, 6.45) is 3.03. The zero-order chi connectivity index (χ0) is 14.1. The van der Waals surface area contributed by atoms with Gasteiger partial charge < -0.3 is 10.6 Å². The summed E-state index contributed by atoms with van der Waals surface area (Å²) in [5.74, 6) is 0. The van der Waals surface area contributed by atoms with Gasteiger partial charge in [0.25, 0.3) is 0 Å². The summed E-state index contributed by atoms with van der Waals surface area (Å²) >= 11 is 0. The maximum absolute atomic E-state index is 4.49. The minimum Gasteiger partial charge on any atom is -0.384 e. The Labute approximate surface area is 124 Å². The zero-order valence-corrected chi connectivity index (χ0v) is 11.8. The number of hydrogen-bond donors (Lipinski definition) is 2. The van der Waals surface area contributed by atoms with Crippen molar-refractivity contribution >= 4 is 22.3 Å². The van der Waals surface area contributed by atoms with Gasteiger partial charge in [0.05, 0.1) is 17.4 Å². The Bertz CT molecular complexity index is 795. The van der Waals surface area contributed by atoms with Crippen LogP contribution in [-0.2, 0) is 13.0 Å². The van der Waals surface area contributed by atoms with Crippen molar-refractivity contribution in [3.63, 3.8) is 0 Å². The van der Waals surface area contributed by atoms with Crippen LogP contribution >= 0.6 is 0 Å². The van der Waals surface area contributed by atoms with Gasteiger partial charge in [0.2, 0.25) is 0 Å². The number of aromatic nitrogens is 1. The highest BCUT2D eigenvalue weighted by molar-refractivity contribution is 5.81. The number of nitrogens with zero attached hydrogens (tertiary/aromatic N) is 1. The molecule has 104 valence electrons. The Balaban J connectivity index is 1.57. The molecule has 3 aromatic rings. The van der Waals surface area contributed by atoms with Crippen molar-refractivity contribution in [1.29, 1.82) is 0 Å². The maximum Gasteiger partial charge on any atom is 0.0703 e. The molecule has 1 aromatic heterocycles. The van der Waals surface area contributed by atoms with Crippen molar-refractivity contribution in [2.45, 2.75) is 13.0 Å². The van der Waals surface area contributed by atoms with E-state index in [4.69, 9.17) is 0 Å². The lowest BCUT2D eigenvalue weighted by Crippen LogP contribution is -2.03. The topological polar surface area (TPSA) is 37.0 Å². The number of para-hydroxylation sites is 2. The number of fused-ring (bicyclic) bond motifs is 2. The summed E-state index contributed by atoms with van der Waals surface area (Å²) in [6.45, 7) is 1.86. The molecule has 0 spiro atoms. The fourth-order valence-corrected chi connectivity index (χ4v) is 2.92. The first-order valence-electron chi connectivity index (χ1n) is 7.33. The first-order valence-corrected chi connectivity index (χ1v) is 7.33. The molecule has 0 atom stereocenters.